The smallest absolute Gasteiger partial charge is 0.326 e. The average Bonchev–Trinajstić information content (AvgIpc) is 2.23. The normalized spacial score (nSPS) is 44.4. The minimum Gasteiger partial charge on any atom is -0.480 e. The molecule has 0 radical (unpaired) electrons. The molecule has 4 rings (SSSR count). The highest BCUT2D eigenvalue weighted by molar-refractivity contribution is 5.77. The van der Waals surface area contributed by atoms with Gasteiger partial charge in [-0.15, -0.1) is 0 Å². The molecule has 0 heterocycles. The molecular formula is C13H19NO3. The van der Waals surface area contributed by atoms with E-state index < -0.39 is 12.0 Å². The van der Waals surface area contributed by atoms with Crippen molar-refractivity contribution in [2.24, 2.45) is 23.2 Å². The molecule has 17 heavy (non-hydrogen) atoms. The van der Waals surface area contributed by atoms with Crippen LogP contribution in [0.4, 0.5) is 0 Å². The maximum atomic E-state index is 11.4. The number of carboxylic acid groups (broad SMARTS) is 1. The second kappa shape index (κ2) is 3.72. The fourth-order valence-corrected chi connectivity index (χ4v) is 5.11. The first-order chi connectivity index (χ1) is 8.13. The van der Waals surface area contributed by atoms with Crippen LogP contribution < -0.4 is 5.32 Å². The number of hydrogen-bond donors (Lipinski definition) is 2. The van der Waals surface area contributed by atoms with E-state index >= 15 is 0 Å². The van der Waals surface area contributed by atoms with Crippen LogP contribution in [0.5, 0.6) is 0 Å². The van der Waals surface area contributed by atoms with E-state index in [0.29, 0.717) is 24.2 Å². The van der Waals surface area contributed by atoms with Gasteiger partial charge in [-0.3, -0.25) is 4.79 Å². The molecular weight excluding hydrogens is 218 g/mol. The quantitative estimate of drug-likeness (QED) is 0.726. The number of hydrogen-bond acceptors (Lipinski definition) is 2. The summed E-state index contributed by atoms with van der Waals surface area (Å²) in [6, 6.07) is -0.673. The molecule has 0 saturated heterocycles. The first-order valence-electron chi connectivity index (χ1n) is 6.55. The van der Waals surface area contributed by atoms with Crippen LogP contribution in [0.1, 0.15) is 38.5 Å². The summed E-state index contributed by atoms with van der Waals surface area (Å²) in [4.78, 5) is 22.0. The van der Waals surface area contributed by atoms with Crippen molar-refractivity contribution in [2.75, 3.05) is 0 Å². The Kier molecular flexibility index (Phi) is 2.42. The van der Waals surface area contributed by atoms with E-state index in [4.69, 9.17) is 0 Å². The van der Waals surface area contributed by atoms with Crippen molar-refractivity contribution >= 4 is 12.4 Å². The van der Waals surface area contributed by atoms with Gasteiger partial charge in [-0.05, 0) is 56.3 Å². The molecule has 4 fully saturated rings. The summed E-state index contributed by atoms with van der Waals surface area (Å²) in [6.45, 7) is 0. The molecule has 0 aromatic heterocycles. The highest BCUT2D eigenvalue weighted by Crippen LogP contribution is 2.61. The first-order valence-corrected chi connectivity index (χ1v) is 6.55. The largest absolute Gasteiger partial charge is 0.480 e. The summed E-state index contributed by atoms with van der Waals surface area (Å²) < 4.78 is 0. The highest BCUT2D eigenvalue weighted by atomic mass is 16.4. The van der Waals surface area contributed by atoms with Gasteiger partial charge in [0.05, 0.1) is 0 Å². The molecule has 4 saturated carbocycles. The molecule has 4 heteroatoms. The van der Waals surface area contributed by atoms with Crippen LogP contribution in [0.25, 0.3) is 0 Å². The fourth-order valence-electron chi connectivity index (χ4n) is 5.11. The molecule has 0 aromatic rings. The Balaban J connectivity index is 1.89. The fraction of sp³-hybridized carbons (Fsp3) is 0.846. The van der Waals surface area contributed by atoms with Crippen LogP contribution in [0.2, 0.25) is 0 Å². The monoisotopic (exact) mass is 237 g/mol. The Morgan fingerprint density at radius 2 is 1.65 bits per heavy atom. The lowest BCUT2D eigenvalue weighted by atomic mass is 9.47. The van der Waals surface area contributed by atoms with E-state index in [1.54, 1.807) is 0 Å². The van der Waals surface area contributed by atoms with E-state index in [1.165, 1.54) is 19.3 Å². The summed E-state index contributed by atoms with van der Waals surface area (Å²) in [7, 11) is 0. The number of nitrogens with one attached hydrogen (secondary N) is 1. The molecule has 2 N–H and O–H groups in total. The van der Waals surface area contributed by atoms with Crippen molar-refractivity contribution in [3.63, 3.8) is 0 Å². The maximum Gasteiger partial charge on any atom is 0.326 e. The zero-order chi connectivity index (χ0) is 12.0. The van der Waals surface area contributed by atoms with E-state index in [-0.39, 0.29) is 5.41 Å². The van der Waals surface area contributed by atoms with Crippen molar-refractivity contribution in [2.45, 2.75) is 44.6 Å². The lowest BCUT2D eigenvalue weighted by Gasteiger charge is -2.58. The van der Waals surface area contributed by atoms with Gasteiger partial charge < -0.3 is 10.4 Å². The summed E-state index contributed by atoms with van der Waals surface area (Å²) in [6.07, 6.45) is 7.40. The predicted molar refractivity (Wildman–Crippen MR) is 61.2 cm³/mol. The van der Waals surface area contributed by atoms with Gasteiger partial charge in [-0.1, -0.05) is 0 Å². The van der Waals surface area contributed by atoms with Gasteiger partial charge in [-0.2, -0.15) is 0 Å². The van der Waals surface area contributed by atoms with Gasteiger partial charge in [0.15, 0.2) is 0 Å². The molecule has 4 aliphatic carbocycles. The van der Waals surface area contributed by atoms with Crippen molar-refractivity contribution in [1.82, 2.24) is 5.32 Å². The minimum atomic E-state index is -0.862. The molecule has 4 nitrogen and oxygen atoms in total. The summed E-state index contributed by atoms with van der Waals surface area (Å²) in [5.41, 5.74) is -0.151. The van der Waals surface area contributed by atoms with Gasteiger partial charge in [0.1, 0.15) is 6.04 Å². The maximum absolute atomic E-state index is 11.4. The van der Waals surface area contributed by atoms with Crippen molar-refractivity contribution < 1.29 is 14.7 Å². The summed E-state index contributed by atoms with van der Waals surface area (Å²) in [5.74, 6) is 1.25. The minimum absolute atomic E-state index is 0.151. The third kappa shape index (κ3) is 1.65. The average molecular weight is 237 g/mol. The topological polar surface area (TPSA) is 66.4 Å². The lowest BCUT2D eigenvalue weighted by molar-refractivity contribution is -0.152. The second-order valence-electron chi connectivity index (χ2n) is 6.34. The molecule has 0 aliphatic heterocycles. The molecule has 4 aliphatic rings. The molecule has 1 atom stereocenters. The predicted octanol–water partition coefficient (Wildman–Crippen LogP) is 1.40. The van der Waals surface area contributed by atoms with E-state index in [1.807, 2.05) is 0 Å². The first kappa shape index (κ1) is 11.1. The number of carboxylic acids is 1. The summed E-state index contributed by atoms with van der Waals surface area (Å²) in [5, 5.41) is 11.9. The zero-order valence-electron chi connectivity index (χ0n) is 9.89. The van der Waals surface area contributed by atoms with Crippen LogP contribution in [0.3, 0.4) is 0 Å². The Hall–Kier alpha value is -1.06. The lowest BCUT2D eigenvalue weighted by Crippen LogP contribution is -2.58. The Morgan fingerprint density at radius 3 is 2.00 bits per heavy atom. The van der Waals surface area contributed by atoms with Gasteiger partial charge in [0, 0.05) is 5.41 Å². The van der Waals surface area contributed by atoms with E-state index in [0.717, 1.165) is 19.3 Å². The number of aliphatic carboxylic acids is 1. The van der Waals surface area contributed by atoms with Crippen molar-refractivity contribution in [3.8, 4) is 0 Å². The van der Waals surface area contributed by atoms with Crippen molar-refractivity contribution in [1.29, 1.82) is 0 Å². The number of carbonyl (C=O) groups excluding carboxylic acids is 1. The third-order valence-electron chi connectivity index (χ3n) is 5.18. The number of rotatable bonds is 4. The molecule has 4 bridgehead atoms. The van der Waals surface area contributed by atoms with Gasteiger partial charge >= 0.3 is 5.97 Å². The Bertz CT molecular complexity index is 317. The third-order valence-corrected chi connectivity index (χ3v) is 5.18. The molecule has 0 spiro atoms. The van der Waals surface area contributed by atoms with Crippen LogP contribution in [0.15, 0.2) is 0 Å². The van der Waals surface area contributed by atoms with Gasteiger partial charge in [0.25, 0.3) is 0 Å². The number of amides is 1. The molecule has 1 amide bonds. The standard InChI is InChI=1S/C13H19NO3/c15-7-14-11(12(16)17)13-4-8-1-9(5-13)3-10(2-8)6-13/h7-11H,1-6H2,(H,14,15)(H,16,17)/t8?,9?,10?,11-,13?/m0/s1. The van der Waals surface area contributed by atoms with Crippen LogP contribution in [-0.4, -0.2) is 23.5 Å². The molecule has 94 valence electrons. The molecule has 0 unspecified atom stereocenters. The summed E-state index contributed by atoms with van der Waals surface area (Å²) >= 11 is 0. The second-order valence-corrected chi connectivity index (χ2v) is 6.34. The van der Waals surface area contributed by atoms with E-state index in [2.05, 4.69) is 5.32 Å². The molecule has 0 aromatic carbocycles. The highest BCUT2D eigenvalue weighted by Gasteiger charge is 2.56. The van der Waals surface area contributed by atoms with Crippen LogP contribution >= 0.6 is 0 Å². The van der Waals surface area contributed by atoms with Gasteiger partial charge in [0.2, 0.25) is 6.41 Å². The Labute approximate surface area is 101 Å². The van der Waals surface area contributed by atoms with Gasteiger partial charge in [-0.25, -0.2) is 4.79 Å². The van der Waals surface area contributed by atoms with Crippen LogP contribution in [0, 0.1) is 23.2 Å². The zero-order valence-corrected chi connectivity index (χ0v) is 9.89. The van der Waals surface area contributed by atoms with Crippen molar-refractivity contribution in [3.05, 3.63) is 0 Å². The van der Waals surface area contributed by atoms with Crippen LogP contribution in [-0.2, 0) is 9.59 Å². The number of carbonyl (C=O) groups is 2. The Morgan fingerprint density at radius 1 is 1.18 bits per heavy atom. The SMILES string of the molecule is O=CN[C@@H](C(=O)O)C12CC3CC(CC(C3)C1)C2. The van der Waals surface area contributed by atoms with E-state index in [9.17, 15) is 14.7 Å².